The summed E-state index contributed by atoms with van der Waals surface area (Å²) >= 11 is 0. The Bertz CT molecular complexity index is 911. The molecule has 0 spiro atoms. The normalized spacial score (nSPS) is 15.5. The number of carbonyl (C=O) groups excluding carboxylic acids is 1. The summed E-state index contributed by atoms with van der Waals surface area (Å²) in [5, 5.41) is 3.75. The molecule has 24 heavy (non-hydrogen) atoms. The standard InChI is InChI=1S/C15H12F3NO4S/c1-24(21,22)12-6-9(15(16,17)18)4-5-10(12)14(20)11-7-23-19-13(11)8-2-3-8/h4-8H,2-3H2,1H3. The Hall–Kier alpha value is -2.16. The largest absolute Gasteiger partial charge is 0.416 e. The Balaban J connectivity index is 2.13. The third kappa shape index (κ3) is 3.08. The van der Waals surface area contributed by atoms with Gasteiger partial charge in [-0.3, -0.25) is 4.79 Å². The summed E-state index contributed by atoms with van der Waals surface area (Å²) in [6.45, 7) is 0. The number of sulfone groups is 1. The quantitative estimate of drug-likeness (QED) is 0.784. The number of ketones is 1. The minimum Gasteiger partial charge on any atom is -0.364 e. The molecular weight excluding hydrogens is 347 g/mol. The Morgan fingerprint density at radius 3 is 2.46 bits per heavy atom. The van der Waals surface area contributed by atoms with Crippen LogP contribution in [0.3, 0.4) is 0 Å². The second-order valence-corrected chi connectivity index (χ2v) is 7.68. The number of hydrogen-bond donors (Lipinski definition) is 0. The van der Waals surface area contributed by atoms with Crippen molar-refractivity contribution in [3.63, 3.8) is 0 Å². The first-order valence-electron chi connectivity index (χ1n) is 6.99. The molecule has 3 rings (SSSR count). The fourth-order valence-corrected chi connectivity index (χ4v) is 3.31. The van der Waals surface area contributed by atoms with Crippen molar-refractivity contribution in [2.75, 3.05) is 6.26 Å². The van der Waals surface area contributed by atoms with Crippen molar-refractivity contribution >= 4 is 15.6 Å². The first kappa shape index (κ1) is 16.7. The van der Waals surface area contributed by atoms with Crippen LogP contribution in [0.5, 0.6) is 0 Å². The maximum Gasteiger partial charge on any atom is 0.416 e. The van der Waals surface area contributed by atoms with Gasteiger partial charge in [-0.05, 0) is 31.0 Å². The summed E-state index contributed by atoms with van der Waals surface area (Å²) in [4.78, 5) is 12.0. The van der Waals surface area contributed by atoms with Gasteiger partial charge in [-0.1, -0.05) is 5.16 Å². The molecule has 128 valence electrons. The predicted octanol–water partition coefficient (Wildman–Crippen LogP) is 3.21. The van der Waals surface area contributed by atoms with Crippen LogP contribution in [0.15, 0.2) is 33.9 Å². The topological polar surface area (TPSA) is 77.2 Å². The van der Waals surface area contributed by atoms with E-state index in [0.717, 1.165) is 31.4 Å². The summed E-state index contributed by atoms with van der Waals surface area (Å²) in [5.41, 5.74) is -0.954. The maximum absolute atomic E-state index is 12.8. The average molecular weight is 359 g/mol. The van der Waals surface area contributed by atoms with Crippen LogP contribution in [0, 0.1) is 0 Å². The van der Waals surface area contributed by atoms with Crippen LogP contribution >= 0.6 is 0 Å². The molecule has 1 aliphatic carbocycles. The van der Waals surface area contributed by atoms with E-state index in [4.69, 9.17) is 4.52 Å². The highest BCUT2D eigenvalue weighted by atomic mass is 32.2. The molecule has 0 saturated heterocycles. The zero-order chi connectivity index (χ0) is 17.7. The Morgan fingerprint density at radius 2 is 1.92 bits per heavy atom. The molecule has 5 nitrogen and oxygen atoms in total. The number of rotatable bonds is 4. The number of aromatic nitrogens is 1. The van der Waals surface area contributed by atoms with Crippen molar-refractivity contribution < 1.29 is 30.9 Å². The molecule has 0 amide bonds. The lowest BCUT2D eigenvalue weighted by atomic mass is 10.0. The van der Waals surface area contributed by atoms with Gasteiger partial charge in [-0.2, -0.15) is 13.2 Å². The molecule has 1 heterocycles. The molecule has 1 aromatic carbocycles. The van der Waals surface area contributed by atoms with Gasteiger partial charge in [-0.25, -0.2) is 8.42 Å². The van der Waals surface area contributed by atoms with Crippen molar-refractivity contribution in [2.24, 2.45) is 0 Å². The average Bonchev–Trinajstić information content (AvgIpc) is 3.21. The van der Waals surface area contributed by atoms with E-state index in [2.05, 4.69) is 5.16 Å². The van der Waals surface area contributed by atoms with Gasteiger partial charge in [-0.15, -0.1) is 0 Å². The second kappa shape index (κ2) is 5.44. The summed E-state index contributed by atoms with van der Waals surface area (Å²) in [6, 6.07) is 2.05. The van der Waals surface area contributed by atoms with Gasteiger partial charge in [0.1, 0.15) is 6.26 Å². The molecule has 9 heteroatoms. The summed E-state index contributed by atoms with van der Waals surface area (Å²) in [5.74, 6) is -0.647. The van der Waals surface area contributed by atoms with Crippen molar-refractivity contribution in [1.29, 1.82) is 0 Å². The third-order valence-electron chi connectivity index (χ3n) is 3.76. The van der Waals surface area contributed by atoms with Gasteiger partial charge >= 0.3 is 6.18 Å². The van der Waals surface area contributed by atoms with E-state index in [-0.39, 0.29) is 17.0 Å². The van der Waals surface area contributed by atoms with Crippen LogP contribution in [0.4, 0.5) is 13.2 Å². The lowest BCUT2D eigenvalue weighted by Gasteiger charge is -2.11. The van der Waals surface area contributed by atoms with Crippen molar-refractivity contribution in [3.05, 3.63) is 46.8 Å². The van der Waals surface area contributed by atoms with Gasteiger partial charge in [0.15, 0.2) is 15.6 Å². The third-order valence-corrected chi connectivity index (χ3v) is 4.90. The molecule has 0 atom stereocenters. The van der Waals surface area contributed by atoms with Crippen LogP contribution in [0.1, 0.15) is 45.9 Å². The maximum atomic E-state index is 12.8. The summed E-state index contributed by atoms with van der Waals surface area (Å²) < 4.78 is 67.1. The molecule has 1 aromatic heterocycles. The van der Waals surface area contributed by atoms with E-state index >= 15 is 0 Å². The highest BCUT2D eigenvalue weighted by Crippen LogP contribution is 2.41. The number of alkyl halides is 3. The highest BCUT2D eigenvalue weighted by Gasteiger charge is 2.35. The second-order valence-electron chi connectivity index (χ2n) is 5.70. The van der Waals surface area contributed by atoms with Gasteiger partial charge in [0.05, 0.1) is 21.7 Å². The van der Waals surface area contributed by atoms with E-state index in [1.807, 2.05) is 0 Å². The molecule has 0 N–H and O–H groups in total. The molecule has 1 fully saturated rings. The number of nitrogens with zero attached hydrogens (tertiary/aromatic N) is 1. The molecular formula is C15H12F3NO4S. The van der Waals surface area contributed by atoms with Gasteiger partial charge in [0.2, 0.25) is 0 Å². The van der Waals surface area contributed by atoms with Crippen LogP contribution in [0.2, 0.25) is 0 Å². The molecule has 0 unspecified atom stereocenters. The van der Waals surface area contributed by atoms with Crippen molar-refractivity contribution in [3.8, 4) is 0 Å². The number of benzene rings is 1. The fourth-order valence-electron chi connectivity index (χ4n) is 2.40. The van der Waals surface area contributed by atoms with E-state index in [1.165, 1.54) is 0 Å². The lowest BCUT2D eigenvalue weighted by molar-refractivity contribution is -0.137. The van der Waals surface area contributed by atoms with E-state index in [1.54, 1.807) is 0 Å². The number of halogens is 3. The molecule has 0 radical (unpaired) electrons. The van der Waals surface area contributed by atoms with Crippen molar-refractivity contribution in [1.82, 2.24) is 5.16 Å². The SMILES string of the molecule is CS(=O)(=O)c1cc(C(F)(F)F)ccc1C(=O)c1conc1C1CC1. The lowest BCUT2D eigenvalue weighted by Crippen LogP contribution is -2.13. The molecule has 0 bridgehead atoms. The Labute approximate surface area is 135 Å². The molecule has 2 aromatic rings. The highest BCUT2D eigenvalue weighted by molar-refractivity contribution is 7.90. The molecule has 1 aliphatic rings. The minimum atomic E-state index is -4.71. The van der Waals surface area contributed by atoms with Gasteiger partial charge in [0.25, 0.3) is 0 Å². The monoisotopic (exact) mass is 359 g/mol. The number of hydrogen-bond acceptors (Lipinski definition) is 5. The number of carbonyl (C=O) groups is 1. The van der Waals surface area contributed by atoms with E-state index in [0.29, 0.717) is 17.8 Å². The fraction of sp³-hybridized carbons (Fsp3) is 0.333. The van der Waals surface area contributed by atoms with E-state index < -0.39 is 32.3 Å². The zero-order valence-corrected chi connectivity index (χ0v) is 13.2. The van der Waals surface area contributed by atoms with Crippen LogP contribution in [-0.2, 0) is 16.0 Å². The van der Waals surface area contributed by atoms with Crippen LogP contribution in [0.25, 0.3) is 0 Å². The summed E-state index contributed by atoms with van der Waals surface area (Å²) in [7, 11) is -4.04. The van der Waals surface area contributed by atoms with E-state index in [9.17, 15) is 26.4 Å². The Kier molecular flexibility index (Phi) is 3.78. The van der Waals surface area contributed by atoms with Gasteiger partial charge < -0.3 is 4.52 Å². The smallest absolute Gasteiger partial charge is 0.364 e. The van der Waals surface area contributed by atoms with Crippen molar-refractivity contribution in [2.45, 2.75) is 29.8 Å². The minimum absolute atomic E-state index is 0.0684. The van der Waals surface area contributed by atoms with Crippen LogP contribution < -0.4 is 0 Å². The molecule has 1 saturated carbocycles. The van der Waals surface area contributed by atoms with Gasteiger partial charge in [0, 0.05) is 17.7 Å². The Morgan fingerprint density at radius 1 is 1.25 bits per heavy atom. The van der Waals surface area contributed by atoms with Crippen LogP contribution in [-0.4, -0.2) is 25.6 Å². The zero-order valence-electron chi connectivity index (χ0n) is 12.4. The first-order valence-corrected chi connectivity index (χ1v) is 8.88. The first-order chi connectivity index (χ1) is 11.1. The summed E-state index contributed by atoms with van der Waals surface area (Å²) in [6.07, 6.45) is -1.19. The molecule has 0 aliphatic heterocycles. The predicted molar refractivity (Wildman–Crippen MR) is 76.5 cm³/mol.